The van der Waals surface area contributed by atoms with Gasteiger partial charge in [0.25, 0.3) is 5.56 Å². The Labute approximate surface area is 94.3 Å². The zero-order chi connectivity index (χ0) is 12.6. The number of aromatic nitrogens is 1. The molecule has 3 nitrogen and oxygen atoms in total. The molecule has 0 aliphatic rings. The quantitative estimate of drug-likeness (QED) is 0.828. The normalized spacial score (nSPS) is 12.0. The molecule has 0 atom stereocenters. The first-order chi connectivity index (χ1) is 7.95. The number of hydrogen-bond donors (Lipinski definition) is 1. The molecule has 0 amide bonds. The third-order valence-corrected chi connectivity index (χ3v) is 2.46. The summed E-state index contributed by atoms with van der Waals surface area (Å²) in [6.07, 6.45) is -4.57. The SMILES string of the molecule is NCc1ccc2cccc(C(F)(F)F)n2c1=O. The number of alkyl halides is 3. The van der Waals surface area contributed by atoms with E-state index in [4.69, 9.17) is 5.73 Å². The Morgan fingerprint density at radius 1 is 1.18 bits per heavy atom. The number of hydrogen-bond acceptors (Lipinski definition) is 2. The summed E-state index contributed by atoms with van der Waals surface area (Å²) in [6, 6.07) is 6.46. The van der Waals surface area contributed by atoms with Crippen molar-refractivity contribution in [1.29, 1.82) is 0 Å². The molecule has 2 aromatic heterocycles. The van der Waals surface area contributed by atoms with Gasteiger partial charge in [-0.2, -0.15) is 13.2 Å². The van der Waals surface area contributed by atoms with E-state index in [2.05, 4.69) is 0 Å². The molecule has 0 unspecified atom stereocenters. The highest BCUT2D eigenvalue weighted by molar-refractivity contribution is 5.49. The molecule has 0 spiro atoms. The highest BCUT2D eigenvalue weighted by Crippen LogP contribution is 2.28. The second-order valence-corrected chi connectivity index (χ2v) is 3.54. The molecule has 6 heteroatoms. The van der Waals surface area contributed by atoms with Crippen LogP contribution in [-0.4, -0.2) is 4.40 Å². The molecule has 0 aromatic carbocycles. The van der Waals surface area contributed by atoms with Crippen LogP contribution in [0.15, 0.2) is 35.1 Å². The van der Waals surface area contributed by atoms with Crippen molar-refractivity contribution in [2.75, 3.05) is 0 Å². The van der Waals surface area contributed by atoms with Crippen molar-refractivity contribution in [1.82, 2.24) is 4.40 Å². The van der Waals surface area contributed by atoms with E-state index in [0.29, 0.717) is 4.40 Å². The predicted octanol–water partition coefficient (Wildman–Crippen LogP) is 1.78. The molecule has 2 N–H and O–H groups in total. The fourth-order valence-electron chi connectivity index (χ4n) is 1.66. The third kappa shape index (κ3) is 1.91. The largest absolute Gasteiger partial charge is 0.431 e. The second-order valence-electron chi connectivity index (χ2n) is 3.54. The maximum Gasteiger partial charge on any atom is 0.431 e. The number of nitrogens with two attached hydrogens (primary N) is 1. The van der Waals surface area contributed by atoms with Crippen LogP contribution in [0.3, 0.4) is 0 Å². The number of fused-ring (bicyclic) bond motifs is 1. The van der Waals surface area contributed by atoms with Gasteiger partial charge in [-0.15, -0.1) is 0 Å². The maximum atomic E-state index is 12.7. The molecule has 2 aromatic rings. The fraction of sp³-hybridized carbons (Fsp3) is 0.182. The van der Waals surface area contributed by atoms with E-state index >= 15 is 0 Å². The third-order valence-electron chi connectivity index (χ3n) is 2.46. The van der Waals surface area contributed by atoms with Gasteiger partial charge in [0.2, 0.25) is 0 Å². The minimum absolute atomic E-state index is 0.0893. The highest BCUT2D eigenvalue weighted by atomic mass is 19.4. The average molecular weight is 242 g/mol. The van der Waals surface area contributed by atoms with Gasteiger partial charge in [-0.1, -0.05) is 12.1 Å². The molecule has 17 heavy (non-hydrogen) atoms. The van der Waals surface area contributed by atoms with Crippen LogP contribution in [0.4, 0.5) is 13.2 Å². The van der Waals surface area contributed by atoms with Crippen LogP contribution >= 0.6 is 0 Å². The number of rotatable bonds is 1. The van der Waals surface area contributed by atoms with Crippen LogP contribution < -0.4 is 11.3 Å². The van der Waals surface area contributed by atoms with Crippen molar-refractivity contribution in [3.05, 3.63) is 51.9 Å². The highest BCUT2D eigenvalue weighted by Gasteiger charge is 2.33. The summed E-state index contributed by atoms with van der Waals surface area (Å²) < 4.78 is 38.9. The predicted molar refractivity (Wildman–Crippen MR) is 56.6 cm³/mol. The van der Waals surface area contributed by atoms with Crippen molar-refractivity contribution in [2.45, 2.75) is 12.7 Å². The van der Waals surface area contributed by atoms with Crippen LogP contribution in [0.5, 0.6) is 0 Å². The average Bonchev–Trinajstić information content (AvgIpc) is 2.28. The molecule has 0 saturated carbocycles. The van der Waals surface area contributed by atoms with Crippen molar-refractivity contribution in [3.8, 4) is 0 Å². The van der Waals surface area contributed by atoms with Gasteiger partial charge in [0, 0.05) is 17.6 Å². The van der Waals surface area contributed by atoms with Gasteiger partial charge in [-0.25, -0.2) is 0 Å². The topological polar surface area (TPSA) is 47.5 Å². The molecule has 0 saturated heterocycles. The van der Waals surface area contributed by atoms with E-state index in [1.165, 1.54) is 24.3 Å². The van der Waals surface area contributed by atoms with Crippen molar-refractivity contribution < 1.29 is 13.2 Å². The fourth-order valence-corrected chi connectivity index (χ4v) is 1.66. The minimum Gasteiger partial charge on any atom is -0.326 e. The Hall–Kier alpha value is -1.82. The summed E-state index contributed by atoms with van der Waals surface area (Å²) >= 11 is 0. The molecular weight excluding hydrogens is 233 g/mol. The van der Waals surface area contributed by atoms with Crippen LogP contribution in [0.25, 0.3) is 5.52 Å². The van der Waals surface area contributed by atoms with Crippen LogP contribution in [0, 0.1) is 0 Å². The lowest BCUT2D eigenvalue weighted by atomic mass is 10.2. The zero-order valence-electron chi connectivity index (χ0n) is 8.66. The molecule has 2 rings (SSSR count). The summed E-state index contributed by atoms with van der Waals surface area (Å²) in [5, 5.41) is 0. The summed E-state index contributed by atoms with van der Waals surface area (Å²) in [6.45, 7) is -0.0893. The van der Waals surface area contributed by atoms with Gasteiger partial charge >= 0.3 is 6.18 Å². The van der Waals surface area contributed by atoms with E-state index in [1.54, 1.807) is 0 Å². The van der Waals surface area contributed by atoms with Crippen molar-refractivity contribution in [2.24, 2.45) is 5.73 Å². The van der Waals surface area contributed by atoms with E-state index in [9.17, 15) is 18.0 Å². The first-order valence-electron chi connectivity index (χ1n) is 4.86. The number of halogens is 3. The van der Waals surface area contributed by atoms with Crippen molar-refractivity contribution in [3.63, 3.8) is 0 Å². The lowest BCUT2D eigenvalue weighted by molar-refractivity contribution is -0.142. The zero-order valence-corrected chi connectivity index (χ0v) is 8.66. The van der Waals surface area contributed by atoms with E-state index in [1.807, 2.05) is 0 Å². The van der Waals surface area contributed by atoms with Gasteiger partial charge < -0.3 is 5.73 Å². The van der Waals surface area contributed by atoms with E-state index in [-0.39, 0.29) is 17.6 Å². The van der Waals surface area contributed by atoms with Gasteiger partial charge in [0.05, 0.1) is 0 Å². The lowest BCUT2D eigenvalue weighted by Gasteiger charge is -2.12. The Kier molecular flexibility index (Phi) is 2.66. The molecule has 90 valence electrons. The molecule has 0 fully saturated rings. The molecular formula is C11H9F3N2O. The molecule has 0 aliphatic carbocycles. The van der Waals surface area contributed by atoms with Gasteiger partial charge in [-0.3, -0.25) is 9.20 Å². The Balaban J connectivity index is 2.92. The van der Waals surface area contributed by atoms with Gasteiger partial charge in [-0.05, 0) is 18.2 Å². The second kappa shape index (κ2) is 3.89. The first-order valence-corrected chi connectivity index (χ1v) is 4.86. The summed E-state index contributed by atoms with van der Waals surface area (Å²) in [7, 11) is 0. The Bertz CT molecular complexity index is 616. The number of nitrogens with zero attached hydrogens (tertiary/aromatic N) is 1. The van der Waals surface area contributed by atoms with Crippen molar-refractivity contribution >= 4 is 5.52 Å². The minimum atomic E-state index is -4.57. The van der Waals surface area contributed by atoms with Gasteiger partial charge in [0.15, 0.2) is 0 Å². The lowest BCUT2D eigenvalue weighted by Crippen LogP contribution is -2.26. The standard InChI is InChI=1S/C11H9F3N2O/c12-11(13,14)9-3-1-2-8-5-4-7(6-15)10(17)16(8)9/h1-5H,6,15H2. The monoisotopic (exact) mass is 242 g/mol. The Morgan fingerprint density at radius 3 is 2.47 bits per heavy atom. The summed E-state index contributed by atoms with van der Waals surface area (Å²) in [5.41, 5.74) is 3.94. The summed E-state index contributed by atoms with van der Waals surface area (Å²) in [5.74, 6) is 0. The molecule has 2 heterocycles. The Morgan fingerprint density at radius 2 is 1.88 bits per heavy atom. The van der Waals surface area contributed by atoms with E-state index in [0.717, 1.165) is 6.07 Å². The van der Waals surface area contributed by atoms with E-state index < -0.39 is 17.4 Å². The maximum absolute atomic E-state index is 12.7. The molecule has 0 radical (unpaired) electrons. The van der Waals surface area contributed by atoms with Crippen LogP contribution in [-0.2, 0) is 12.7 Å². The van der Waals surface area contributed by atoms with Crippen LogP contribution in [0.1, 0.15) is 11.3 Å². The smallest absolute Gasteiger partial charge is 0.326 e. The molecule has 0 aliphatic heterocycles. The number of pyridine rings is 2. The van der Waals surface area contributed by atoms with Gasteiger partial charge in [0.1, 0.15) is 5.69 Å². The summed E-state index contributed by atoms with van der Waals surface area (Å²) in [4.78, 5) is 11.8. The first kappa shape index (κ1) is 11.7. The van der Waals surface area contributed by atoms with Crippen LogP contribution in [0.2, 0.25) is 0 Å². The molecule has 0 bridgehead atoms.